The van der Waals surface area contributed by atoms with E-state index >= 15 is 0 Å². The number of halogens is 2. The summed E-state index contributed by atoms with van der Waals surface area (Å²) in [4.78, 5) is 16.9. The quantitative estimate of drug-likeness (QED) is 0.840. The summed E-state index contributed by atoms with van der Waals surface area (Å²) in [7, 11) is 0. The van der Waals surface area contributed by atoms with Crippen LogP contribution in [0.5, 0.6) is 0 Å². The van der Waals surface area contributed by atoms with E-state index in [4.69, 9.17) is 23.2 Å². The van der Waals surface area contributed by atoms with Crippen molar-refractivity contribution in [2.45, 2.75) is 20.3 Å². The Bertz CT molecular complexity index is 732. The number of aromatic nitrogens is 1. The molecule has 1 saturated carbocycles. The van der Waals surface area contributed by atoms with Gasteiger partial charge in [0, 0.05) is 13.0 Å². The summed E-state index contributed by atoms with van der Waals surface area (Å²) < 4.78 is 1.41. The summed E-state index contributed by atoms with van der Waals surface area (Å²) in [5, 5.41) is 4.05. The van der Waals surface area contributed by atoms with Gasteiger partial charge in [-0.25, -0.2) is 4.98 Å². The molecule has 1 aromatic carbocycles. The second-order valence-electron chi connectivity index (χ2n) is 6.40. The predicted molar refractivity (Wildman–Crippen MR) is 96.9 cm³/mol. The molecule has 0 bridgehead atoms. The van der Waals surface area contributed by atoms with Crippen molar-refractivity contribution in [3.63, 3.8) is 0 Å². The van der Waals surface area contributed by atoms with Gasteiger partial charge >= 0.3 is 0 Å². The third-order valence-corrected chi connectivity index (χ3v) is 5.82. The first-order valence-corrected chi connectivity index (χ1v) is 9.12. The van der Waals surface area contributed by atoms with E-state index in [2.05, 4.69) is 30.2 Å². The molecule has 0 radical (unpaired) electrons. The van der Waals surface area contributed by atoms with Crippen molar-refractivity contribution in [1.29, 1.82) is 0 Å². The van der Waals surface area contributed by atoms with Crippen molar-refractivity contribution in [2.75, 3.05) is 6.54 Å². The first kappa shape index (κ1) is 16.7. The highest BCUT2D eigenvalue weighted by Crippen LogP contribution is 2.59. The van der Waals surface area contributed by atoms with Gasteiger partial charge in [-0.2, -0.15) is 0 Å². The summed E-state index contributed by atoms with van der Waals surface area (Å²) >= 11 is 13.1. The number of nitrogens with zero attached hydrogens (tertiary/aromatic N) is 1. The number of amides is 1. The lowest BCUT2D eigenvalue weighted by atomic mass is 10.1. The molecule has 1 aliphatic rings. The molecule has 3 nitrogen and oxygen atoms in total. The smallest absolute Gasteiger partial charge is 0.224 e. The standard InChI is InChI=1S/C17H18Cl2N2OS/c1-17(2)10(9-13(18)19)15(17)16(22)20-8-7-14-21-11-5-3-4-6-12(11)23-14/h3-6,9-10,15H,7-8H2,1-2H3,(H,20,22). The maximum Gasteiger partial charge on any atom is 0.224 e. The zero-order valence-corrected chi connectivity index (χ0v) is 15.3. The molecule has 1 amide bonds. The molecule has 2 atom stereocenters. The minimum atomic E-state index is -0.0883. The number of rotatable bonds is 5. The third kappa shape index (κ3) is 3.54. The van der Waals surface area contributed by atoms with Gasteiger partial charge in [0.05, 0.1) is 21.1 Å². The van der Waals surface area contributed by atoms with E-state index in [0.29, 0.717) is 6.54 Å². The number of para-hydroxylation sites is 1. The Kier molecular flexibility index (Phi) is 4.68. The summed E-state index contributed by atoms with van der Waals surface area (Å²) in [6, 6.07) is 8.07. The van der Waals surface area contributed by atoms with Crippen molar-refractivity contribution < 1.29 is 4.79 Å². The Balaban J connectivity index is 1.55. The third-order valence-electron chi connectivity index (χ3n) is 4.47. The fourth-order valence-corrected chi connectivity index (χ4v) is 4.29. The lowest BCUT2D eigenvalue weighted by Crippen LogP contribution is -2.28. The fourth-order valence-electron chi connectivity index (χ4n) is 3.05. The van der Waals surface area contributed by atoms with Crippen molar-refractivity contribution >= 4 is 50.7 Å². The number of nitrogens with one attached hydrogen (secondary N) is 1. The van der Waals surface area contributed by atoms with E-state index in [9.17, 15) is 4.79 Å². The van der Waals surface area contributed by atoms with Crippen LogP contribution in [0.1, 0.15) is 18.9 Å². The second kappa shape index (κ2) is 6.42. The molecular formula is C17H18Cl2N2OS. The number of carbonyl (C=O) groups excluding carboxylic acids is 1. The molecule has 0 saturated heterocycles. The van der Waals surface area contributed by atoms with E-state index in [1.54, 1.807) is 17.4 Å². The molecule has 3 rings (SSSR count). The Hall–Kier alpha value is -1.10. The Morgan fingerprint density at radius 2 is 2.13 bits per heavy atom. The Morgan fingerprint density at radius 1 is 1.39 bits per heavy atom. The minimum absolute atomic E-state index is 0.0620. The average molecular weight is 369 g/mol. The van der Waals surface area contributed by atoms with Crippen LogP contribution in [0.2, 0.25) is 0 Å². The van der Waals surface area contributed by atoms with Crippen molar-refractivity contribution in [1.82, 2.24) is 10.3 Å². The number of hydrogen-bond donors (Lipinski definition) is 1. The molecule has 2 aromatic rings. The molecule has 1 N–H and O–H groups in total. The average Bonchev–Trinajstić information content (AvgIpc) is 2.82. The normalized spacial score (nSPS) is 21.9. The first-order valence-electron chi connectivity index (χ1n) is 7.54. The van der Waals surface area contributed by atoms with Gasteiger partial charge in [0.2, 0.25) is 5.91 Å². The van der Waals surface area contributed by atoms with Crippen LogP contribution in [-0.2, 0) is 11.2 Å². The van der Waals surface area contributed by atoms with Crippen molar-refractivity contribution in [3.8, 4) is 0 Å². The number of carbonyl (C=O) groups is 1. The maximum atomic E-state index is 12.3. The minimum Gasteiger partial charge on any atom is -0.355 e. The second-order valence-corrected chi connectivity index (χ2v) is 8.52. The van der Waals surface area contributed by atoms with Gasteiger partial charge in [-0.05, 0) is 29.5 Å². The van der Waals surface area contributed by atoms with Crippen molar-refractivity contribution in [2.24, 2.45) is 17.3 Å². The molecule has 1 aromatic heterocycles. The molecule has 0 spiro atoms. The Labute approximate surface area is 149 Å². The van der Waals surface area contributed by atoms with Gasteiger partial charge < -0.3 is 5.32 Å². The Morgan fingerprint density at radius 3 is 2.83 bits per heavy atom. The number of benzene rings is 1. The summed E-state index contributed by atoms with van der Waals surface area (Å²) in [6.07, 6.45) is 2.51. The zero-order chi connectivity index (χ0) is 16.6. The van der Waals surface area contributed by atoms with Crippen LogP contribution in [0.4, 0.5) is 0 Å². The number of allylic oxidation sites excluding steroid dienone is 1. The lowest BCUT2D eigenvalue weighted by Gasteiger charge is -2.04. The summed E-state index contributed by atoms with van der Waals surface area (Å²) in [5.41, 5.74) is 0.929. The van der Waals surface area contributed by atoms with Gasteiger partial charge in [0.1, 0.15) is 4.49 Å². The molecule has 1 heterocycles. The molecule has 1 aliphatic carbocycles. The fraction of sp³-hybridized carbons (Fsp3) is 0.412. The van der Waals surface area contributed by atoms with Crippen molar-refractivity contribution in [3.05, 3.63) is 39.8 Å². The van der Waals surface area contributed by atoms with Crippen LogP contribution in [0.15, 0.2) is 34.8 Å². The highest BCUT2D eigenvalue weighted by atomic mass is 35.5. The predicted octanol–water partition coefficient (Wildman–Crippen LogP) is 4.55. The topological polar surface area (TPSA) is 42.0 Å². The molecule has 23 heavy (non-hydrogen) atoms. The van der Waals surface area contributed by atoms with Crippen LogP contribution < -0.4 is 5.32 Å². The largest absolute Gasteiger partial charge is 0.355 e. The van der Waals surface area contributed by atoms with E-state index < -0.39 is 0 Å². The van der Waals surface area contributed by atoms with E-state index in [1.807, 2.05) is 18.2 Å². The molecule has 0 aliphatic heterocycles. The molecular weight excluding hydrogens is 351 g/mol. The SMILES string of the molecule is CC1(C)C(C=C(Cl)Cl)C1C(=O)NCCc1nc2ccccc2s1. The molecule has 1 fully saturated rings. The number of hydrogen-bond acceptors (Lipinski definition) is 3. The van der Waals surface area contributed by atoms with Gasteiger partial charge in [-0.1, -0.05) is 49.2 Å². The number of thiazole rings is 1. The van der Waals surface area contributed by atoms with Gasteiger partial charge in [0.15, 0.2) is 0 Å². The zero-order valence-electron chi connectivity index (χ0n) is 13.0. The van der Waals surface area contributed by atoms with E-state index in [1.165, 1.54) is 4.70 Å². The van der Waals surface area contributed by atoms with Crippen LogP contribution in [0, 0.1) is 17.3 Å². The van der Waals surface area contributed by atoms with Gasteiger partial charge in [-0.3, -0.25) is 4.79 Å². The lowest BCUT2D eigenvalue weighted by molar-refractivity contribution is -0.123. The van der Waals surface area contributed by atoms with Gasteiger partial charge in [-0.15, -0.1) is 11.3 Å². The van der Waals surface area contributed by atoms with Crippen LogP contribution in [0.25, 0.3) is 10.2 Å². The highest BCUT2D eigenvalue weighted by Gasteiger charge is 2.60. The monoisotopic (exact) mass is 368 g/mol. The molecule has 2 unspecified atom stereocenters. The van der Waals surface area contributed by atoms with Crippen LogP contribution >= 0.6 is 34.5 Å². The van der Waals surface area contributed by atoms with Gasteiger partial charge in [0.25, 0.3) is 0 Å². The summed E-state index contributed by atoms with van der Waals surface area (Å²) in [5.74, 6) is 0.104. The maximum absolute atomic E-state index is 12.3. The molecule has 122 valence electrons. The molecule has 6 heteroatoms. The van der Waals surface area contributed by atoms with Crippen LogP contribution in [0.3, 0.4) is 0 Å². The number of fused-ring (bicyclic) bond motifs is 1. The summed E-state index contributed by atoms with van der Waals surface area (Å²) in [6.45, 7) is 4.71. The van der Waals surface area contributed by atoms with E-state index in [-0.39, 0.29) is 27.6 Å². The highest BCUT2D eigenvalue weighted by molar-refractivity contribution is 7.18. The van der Waals surface area contributed by atoms with E-state index in [0.717, 1.165) is 16.9 Å². The first-order chi connectivity index (χ1) is 10.9. The van der Waals surface area contributed by atoms with Crippen LogP contribution in [-0.4, -0.2) is 17.4 Å².